The second-order valence-electron chi connectivity index (χ2n) is 6.16. The lowest BCUT2D eigenvalue weighted by Crippen LogP contribution is -2.29. The third kappa shape index (κ3) is 6.50. The summed E-state index contributed by atoms with van der Waals surface area (Å²) in [6.45, 7) is 4.65. The Morgan fingerprint density at radius 3 is 2.81 bits per heavy atom. The normalized spacial score (nSPS) is 14.3. The number of thiazole rings is 1. The van der Waals surface area contributed by atoms with Gasteiger partial charge in [0.25, 0.3) is 5.91 Å². The van der Waals surface area contributed by atoms with Crippen LogP contribution >= 0.6 is 36.2 Å². The highest BCUT2D eigenvalue weighted by molar-refractivity contribution is 7.09. The summed E-state index contributed by atoms with van der Waals surface area (Å²) >= 11 is 1.70. The fraction of sp³-hybridized carbons (Fsp3) is 0.625. The lowest BCUT2D eigenvalue weighted by molar-refractivity contribution is 0.0948. The molecule has 0 spiro atoms. The van der Waals surface area contributed by atoms with Crippen LogP contribution in [0.2, 0.25) is 0 Å². The van der Waals surface area contributed by atoms with Crippen molar-refractivity contribution < 1.29 is 4.79 Å². The molecule has 2 aromatic heterocycles. The maximum absolute atomic E-state index is 12.1. The number of nitrogens with zero attached hydrogens (tertiary/aromatic N) is 4. The minimum Gasteiger partial charge on any atom is -0.351 e. The van der Waals surface area contributed by atoms with Gasteiger partial charge >= 0.3 is 0 Å². The first-order valence-corrected chi connectivity index (χ1v) is 9.42. The van der Waals surface area contributed by atoms with Crippen LogP contribution < -0.4 is 10.6 Å². The summed E-state index contributed by atoms with van der Waals surface area (Å²) in [4.78, 5) is 16.6. The number of hydrogen-bond acceptors (Lipinski definition) is 6. The van der Waals surface area contributed by atoms with Crippen LogP contribution in [0.25, 0.3) is 0 Å². The molecule has 1 aliphatic rings. The van der Waals surface area contributed by atoms with Crippen molar-refractivity contribution in [1.82, 2.24) is 30.6 Å². The fourth-order valence-corrected chi connectivity index (χ4v) is 3.66. The Labute approximate surface area is 170 Å². The largest absolute Gasteiger partial charge is 0.351 e. The number of aromatic nitrogens is 4. The van der Waals surface area contributed by atoms with Crippen molar-refractivity contribution >= 4 is 42.1 Å². The minimum absolute atomic E-state index is 0. The molecular formula is C16H26Cl2N6OS. The Kier molecular flexibility index (Phi) is 10.1. The topological polar surface area (TPSA) is 84.7 Å². The number of nitrogens with one attached hydrogen (secondary N) is 2. The summed E-state index contributed by atoms with van der Waals surface area (Å²) in [5.74, 6) is -0.139. The molecule has 0 bridgehead atoms. The maximum Gasteiger partial charge on any atom is 0.273 e. The van der Waals surface area contributed by atoms with E-state index in [0.29, 0.717) is 18.3 Å². The Balaban J connectivity index is 0.00000169. The van der Waals surface area contributed by atoms with Gasteiger partial charge in [-0.3, -0.25) is 4.79 Å². The fourth-order valence-electron chi connectivity index (χ4n) is 2.84. The van der Waals surface area contributed by atoms with Crippen LogP contribution in [0.15, 0.2) is 11.6 Å². The van der Waals surface area contributed by atoms with Crippen molar-refractivity contribution in [2.24, 2.45) is 0 Å². The molecule has 1 fully saturated rings. The molecule has 0 aromatic carbocycles. The predicted molar refractivity (Wildman–Crippen MR) is 108 cm³/mol. The molecule has 1 amide bonds. The summed E-state index contributed by atoms with van der Waals surface area (Å²) in [5, 5.41) is 17.6. The van der Waals surface area contributed by atoms with E-state index in [9.17, 15) is 4.79 Å². The molecular weight excluding hydrogens is 395 g/mol. The average molecular weight is 421 g/mol. The minimum atomic E-state index is -0.139. The van der Waals surface area contributed by atoms with Crippen molar-refractivity contribution in [2.75, 3.05) is 19.6 Å². The number of hydrogen-bond donors (Lipinski definition) is 2. The van der Waals surface area contributed by atoms with E-state index in [0.717, 1.165) is 50.9 Å². The van der Waals surface area contributed by atoms with Crippen molar-refractivity contribution in [1.29, 1.82) is 0 Å². The van der Waals surface area contributed by atoms with E-state index in [1.54, 1.807) is 17.5 Å². The summed E-state index contributed by atoms with van der Waals surface area (Å²) in [5.41, 5.74) is 1.49. The Hall–Kier alpha value is -1.22. The number of carbonyl (C=O) groups excluding carboxylic acids is 1. The lowest BCUT2D eigenvalue weighted by atomic mass is 10.1. The van der Waals surface area contributed by atoms with Crippen LogP contribution in [0, 0.1) is 6.92 Å². The monoisotopic (exact) mass is 420 g/mol. The third-order valence-corrected chi connectivity index (χ3v) is 5.22. The van der Waals surface area contributed by atoms with Gasteiger partial charge in [0.15, 0.2) is 5.69 Å². The van der Waals surface area contributed by atoms with Crippen LogP contribution in [0.3, 0.4) is 0 Å². The number of halogens is 2. The van der Waals surface area contributed by atoms with Crippen LogP contribution in [0.1, 0.15) is 52.9 Å². The standard InChI is InChI=1S/C16H24N6OS.2ClH/c1-12-11-24-15(19-12)4-2-3-7-18-16(23)14-10-22(21-20-14)13-5-8-17-9-6-13;;/h10-11,13,17H,2-9H2,1H3,(H,18,23);2*1H. The summed E-state index contributed by atoms with van der Waals surface area (Å²) in [6, 6.07) is 0.349. The quantitative estimate of drug-likeness (QED) is 0.672. The van der Waals surface area contributed by atoms with Gasteiger partial charge in [0.05, 0.1) is 17.2 Å². The zero-order valence-corrected chi connectivity index (χ0v) is 17.3. The highest BCUT2D eigenvalue weighted by atomic mass is 35.5. The number of carbonyl (C=O) groups is 1. The molecule has 7 nitrogen and oxygen atoms in total. The Morgan fingerprint density at radius 1 is 1.35 bits per heavy atom. The first kappa shape index (κ1) is 22.8. The third-order valence-electron chi connectivity index (χ3n) is 4.20. The molecule has 0 aliphatic carbocycles. The van der Waals surface area contributed by atoms with Gasteiger partial charge in [-0.15, -0.1) is 41.2 Å². The number of amides is 1. The molecule has 3 heterocycles. The van der Waals surface area contributed by atoms with E-state index >= 15 is 0 Å². The van der Waals surface area contributed by atoms with Gasteiger partial charge in [-0.1, -0.05) is 5.21 Å². The van der Waals surface area contributed by atoms with Crippen molar-refractivity contribution in [3.8, 4) is 0 Å². The molecule has 146 valence electrons. The number of rotatable bonds is 7. The van der Waals surface area contributed by atoms with Crippen LogP contribution in [-0.4, -0.2) is 45.5 Å². The van der Waals surface area contributed by atoms with Crippen molar-refractivity contribution in [3.05, 3.63) is 28.0 Å². The molecule has 1 saturated heterocycles. The predicted octanol–water partition coefficient (Wildman–Crippen LogP) is 2.56. The summed E-state index contributed by atoms with van der Waals surface area (Å²) in [6.07, 6.45) is 6.76. The zero-order chi connectivity index (χ0) is 16.8. The van der Waals surface area contributed by atoms with E-state index in [1.807, 2.05) is 11.6 Å². The van der Waals surface area contributed by atoms with Gasteiger partial charge in [-0.05, 0) is 52.1 Å². The Bertz CT molecular complexity index is 671. The average Bonchev–Trinajstić information content (AvgIpc) is 3.24. The summed E-state index contributed by atoms with van der Waals surface area (Å²) in [7, 11) is 0. The number of piperidine rings is 1. The molecule has 2 aromatic rings. The number of unbranched alkanes of at least 4 members (excludes halogenated alkanes) is 1. The molecule has 10 heteroatoms. The van der Waals surface area contributed by atoms with Gasteiger partial charge in [0, 0.05) is 17.6 Å². The van der Waals surface area contributed by atoms with E-state index in [2.05, 4.69) is 31.3 Å². The smallest absolute Gasteiger partial charge is 0.273 e. The van der Waals surface area contributed by atoms with Crippen LogP contribution in [0.5, 0.6) is 0 Å². The Morgan fingerprint density at radius 2 is 2.12 bits per heavy atom. The molecule has 0 unspecified atom stereocenters. The van der Waals surface area contributed by atoms with Crippen LogP contribution in [0.4, 0.5) is 0 Å². The van der Waals surface area contributed by atoms with Crippen molar-refractivity contribution in [2.45, 2.75) is 45.1 Å². The van der Waals surface area contributed by atoms with Gasteiger partial charge in [0.2, 0.25) is 0 Å². The zero-order valence-electron chi connectivity index (χ0n) is 14.8. The number of aryl methyl sites for hydroxylation is 2. The van der Waals surface area contributed by atoms with E-state index < -0.39 is 0 Å². The molecule has 26 heavy (non-hydrogen) atoms. The highest BCUT2D eigenvalue weighted by Crippen LogP contribution is 2.17. The molecule has 3 rings (SSSR count). The molecule has 1 aliphatic heterocycles. The second kappa shape index (κ2) is 11.5. The van der Waals surface area contributed by atoms with Gasteiger partial charge < -0.3 is 10.6 Å². The highest BCUT2D eigenvalue weighted by Gasteiger charge is 2.18. The molecule has 2 N–H and O–H groups in total. The lowest BCUT2D eigenvalue weighted by Gasteiger charge is -2.22. The van der Waals surface area contributed by atoms with Crippen LogP contribution in [-0.2, 0) is 6.42 Å². The van der Waals surface area contributed by atoms with E-state index in [-0.39, 0.29) is 30.7 Å². The molecule has 0 saturated carbocycles. The SMILES string of the molecule is Cc1csc(CCCCNC(=O)c2cn(C3CCNCC3)nn2)n1.Cl.Cl. The maximum atomic E-state index is 12.1. The van der Waals surface area contributed by atoms with E-state index in [1.165, 1.54) is 5.01 Å². The van der Waals surface area contributed by atoms with Crippen molar-refractivity contribution in [3.63, 3.8) is 0 Å². The molecule has 0 atom stereocenters. The molecule has 0 radical (unpaired) electrons. The van der Waals surface area contributed by atoms with Gasteiger partial charge in [-0.2, -0.15) is 0 Å². The van der Waals surface area contributed by atoms with E-state index in [4.69, 9.17) is 0 Å². The summed E-state index contributed by atoms with van der Waals surface area (Å²) < 4.78 is 1.83. The van der Waals surface area contributed by atoms with Gasteiger partial charge in [-0.25, -0.2) is 9.67 Å². The second-order valence-corrected chi connectivity index (χ2v) is 7.10. The van der Waals surface area contributed by atoms with Gasteiger partial charge in [0.1, 0.15) is 0 Å². The first-order chi connectivity index (χ1) is 11.7. The first-order valence-electron chi connectivity index (χ1n) is 8.54.